The van der Waals surface area contributed by atoms with Gasteiger partial charge in [0.05, 0.1) is 0 Å². The molecular formula is C15H19FN4. The minimum atomic E-state index is -0.252. The standard InChI is InChI=1S/C15H19FN4/c1-4-13-18-14(17)10(3)15(19-13)20(5-2)12-8-6-11(16)7-9-12/h6-9H,4-5H2,1-3H3,(H2,17,18,19). The van der Waals surface area contributed by atoms with E-state index in [0.717, 1.165) is 23.5 Å². The predicted octanol–water partition coefficient (Wildman–Crippen LogP) is 3.23. The fourth-order valence-corrected chi connectivity index (χ4v) is 2.07. The molecule has 1 aromatic heterocycles. The molecule has 5 heteroatoms. The van der Waals surface area contributed by atoms with Gasteiger partial charge in [-0.3, -0.25) is 0 Å². The van der Waals surface area contributed by atoms with Gasteiger partial charge in [-0.1, -0.05) is 6.92 Å². The van der Waals surface area contributed by atoms with Crippen molar-refractivity contribution in [2.45, 2.75) is 27.2 Å². The Morgan fingerprint density at radius 1 is 1.15 bits per heavy atom. The summed E-state index contributed by atoms with van der Waals surface area (Å²) in [6.07, 6.45) is 0.721. The first kappa shape index (κ1) is 14.2. The van der Waals surface area contributed by atoms with Crippen molar-refractivity contribution < 1.29 is 4.39 Å². The zero-order valence-electron chi connectivity index (χ0n) is 12.0. The quantitative estimate of drug-likeness (QED) is 0.930. The predicted molar refractivity (Wildman–Crippen MR) is 79.6 cm³/mol. The third kappa shape index (κ3) is 2.71. The third-order valence-corrected chi connectivity index (χ3v) is 3.23. The highest BCUT2D eigenvalue weighted by molar-refractivity contribution is 5.66. The van der Waals surface area contributed by atoms with E-state index in [4.69, 9.17) is 5.73 Å². The molecule has 0 aliphatic rings. The van der Waals surface area contributed by atoms with Crippen LogP contribution in [0.4, 0.5) is 21.7 Å². The highest BCUT2D eigenvalue weighted by Crippen LogP contribution is 2.28. The molecule has 20 heavy (non-hydrogen) atoms. The van der Waals surface area contributed by atoms with Gasteiger partial charge in [0.1, 0.15) is 23.3 Å². The molecule has 2 aromatic rings. The van der Waals surface area contributed by atoms with Gasteiger partial charge in [-0.15, -0.1) is 0 Å². The summed E-state index contributed by atoms with van der Waals surface area (Å²) in [6.45, 7) is 6.62. The SMILES string of the molecule is CCc1nc(N)c(C)c(N(CC)c2ccc(F)cc2)n1. The minimum absolute atomic E-state index is 0.252. The number of anilines is 3. The first-order valence-corrected chi connectivity index (χ1v) is 6.72. The maximum Gasteiger partial charge on any atom is 0.141 e. The number of rotatable bonds is 4. The van der Waals surface area contributed by atoms with Crippen molar-refractivity contribution in [2.24, 2.45) is 0 Å². The molecule has 0 bridgehead atoms. The molecule has 0 spiro atoms. The van der Waals surface area contributed by atoms with Crippen molar-refractivity contribution in [3.63, 3.8) is 0 Å². The van der Waals surface area contributed by atoms with Crippen LogP contribution in [-0.2, 0) is 6.42 Å². The van der Waals surface area contributed by atoms with Crippen LogP contribution in [0.1, 0.15) is 25.2 Å². The second kappa shape index (κ2) is 5.86. The number of benzene rings is 1. The van der Waals surface area contributed by atoms with Crippen LogP contribution in [0.2, 0.25) is 0 Å². The molecule has 0 atom stereocenters. The Kier molecular flexibility index (Phi) is 4.17. The Morgan fingerprint density at radius 3 is 2.35 bits per heavy atom. The minimum Gasteiger partial charge on any atom is -0.383 e. The van der Waals surface area contributed by atoms with Gasteiger partial charge in [-0.05, 0) is 38.1 Å². The first-order valence-electron chi connectivity index (χ1n) is 6.72. The second-order valence-corrected chi connectivity index (χ2v) is 4.55. The fraction of sp³-hybridized carbons (Fsp3) is 0.333. The summed E-state index contributed by atoms with van der Waals surface area (Å²) in [5.74, 6) is 1.73. The highest BCUT2D eigenvalue weighted by Gasteiger charge is 2.15. The topological polar surface area (TPSA) is 55.0 Å². The van der Waals surface area contributed by atoms with E-state index >= 15 is 0 Å². The molecule has 2 rings (SSSR count). The van der Waals surface area contributed by atoms with Crippen LogP contribution in [0.5, 0.6) is 0 Å². The van der Waals surface area contributed by atoms with Crippen LogP contribution in [0, 0.1) is 12.7 Å². The van der Waals surface area contributed by atoms with Gasteiger partial charge in [-0.25, -0.2) is 14.4 Å². The zero-order chi connectivity index (χ0) is 14.7. The number of halogens is 1. The van der Waals surface area contributed by atoms with Crippen molar-refractivity contribution in [1.82, 2.24) is 9.97 Å². The van der Waals surface area contributed by atoms with Gasteiger partial charge in [0, 0.05) is 24.2 Å². The summed E-state index contributed by atoms with van der Waals surface area (Å²) in [6, 6.07) is 6.36. The number of nitrogens with two attached hydrogens (primary N) is 1. The second-order valence-electron chi connectivity index (χ2n) is 4.55. The molecule has 0 aliphatic heterocycles. The van der Waals surface area contributed by atoms with Crippen LogP contribution < -0.4 is 10.6 Å². The van der Waals surface area contributed by atoms with Gasteiger partial charge in [0.25, 0.3) is 0 Å². The Balaban J connectivity index is 2.51. The van der Waals surface area contributed by atoms with E-state index in [2.05, 4.69) is 9.97 Å². The Labute approximate surface area is 118 Å². The lowest BCUT2D eigenvalue weighted by atomic mass is 10.2. The van der Waals surface area contributed by atoms with Crippen molar-refractivity contribution >= 4 is 17.3 Å². The number of aromatic nitrogens is 2. The number of aryl methyl sites for hydroxylation is 1. The van der Waals surface area contributed by atoms with E-state index in [-0.39, 0.29) is 5.82 Å². The van der Waals surface area contributed by atoms with Gasteiger partial charge < -0.3 is 10.6 Å². The van der Waals surface area contributed by atoms with Crippen molar-refractivity contribution in [2.75, 3.05) is 17.2 Å². The number of nitrogens with zero attached hydrogens (tertiary/aromatic N) is 3. The van der Waals surface area contributed by atoms with E-state index in [9.17, 15) is 4.39 Å². The summed E-state index contributed by atoms with van der Waals surface area (Å²) in [4.78, 5) is 10.8. The third-order valence-electron chi connectivity index (χ3n) is 3.23. The van der Waals surface area contributed by atoms with E-state index < -0.39 is 0 Å². The molecule has 0 amide bonds. The number of nitrogen functional groups attached to an aromatic ring is 1. The average Bonchev–Trinajstić information content (AvgIpc) is 2.45. The maximum atomic E-state index is 13.1. The van der Waals surface area contributed by atoms with E-state index in [1.807, 2.05) is 25.7 Å². The molecule has 106 valence electrons. The monoisotopic (exact) mass is 274 g/mol. The normalized spacial score (nSPS) is 10.6. The molecule has 0 saturated carbocycles. The van der Waals surface area contributed by atoms with Crippen molar-refractivity contribution in [1.29, 1.82) is 0 Å². The lowest BCUT2D eigenvalue weighted by molar-refractivity contribution is 0.627. The highest BCUT2D eigenvalue weighted by atomic mass is 19.1. The largest absolute Gasteiger partial charge is 0.383 e. The summed E-state index contributed by atoms with van der Waals surface area (Å²) < 4.78 is 13.1. The molecular weight excluding hydrogens is 255 g/mol. The Hall–Kier alpha value is -2.17. The van der Waals surface area contributed by atoms with Crippen LogP contribution in [-0.4, -0.2) is 16.5 Å². The van der Waals surface area contributed by atoms with E-state index in [1.54, 1.807) is 12.1 Å². The molecule has 0 fully saturated rings. The van der Waals surface area contributed by atoms with E-state index in [0.29, 0.717) is 18.2 Å². The molecule has 0 aliphatic carbocycles. The fourth-order valence-electron chi connectivity index (χ4n) is 2.07. The molecule has 0 radical (unpaired) electrons. The van der Waals surface area contributed by atoms with Crippen LogP contribution in [0.15, 0.2) is 24.3 Å². The summed E-state index contributed by atoms with van der Waals surface area (Å²) in [5.41, 5.74) is 7.68. The van der Waals surface area contributed by atoms with Crippen molar-refractivity contribution in [3.05, 3.63) is 41.5 Å². The van der Waals surface area contributed by atoms with Crippen molar-refractivity contribution in [3.8, 4) is 0 Å². The molecule has 1 heterocycles. The van der Waals surface area contributed by atoms with E-state index in [1.165, 1.54) is 12.1 Å². The first-order chi connectivity index (χ1) is 9.56. The average molecular weight is 274 g/mol. The summed E-state index contributed by atoms with van der Waals surface area (Å²) >= 11 is 0. The molecule has 4 nitrogen and oxygen atoms in total. The molecule has 1 aromatic carbocycles. The lowest BCUT2D eigenvalue weighted by Crippen LogP contribution is -2.20. The molecule has 2 N–H and O–H groups in total. The molecule has 0 saturated heterocycles. The van der Waals surface area contributed by atoms with Gasteiger partial charge in [0.15, 0.2) is 0 Å². The smallest absolute Gasteiger partial charge is 0.141 e. The maximum absolute atomic E-state index is 13.1. The van der Waals surface area contributed by atoms with Gasteiger partial charge in [-0.2, -0.15) is 0 Å². The lowest BCUT2D eigenvalue weighted by Gasteiger charge is -2.24. The van der Waals surface area contributed by atoms with Gasteiger partial charge in [0.2, 0.25) is 0 Å². The Morgan fingerprint density at radius 2 is 1.80 bits per heavy atom. The zero-order valence-corrected chi connectivity index (χ0v) is 12.0. The Bertz CT molecular complexity index is 596. The number of hydrogen-bond acceptors (Lipinski definition) is 4. The number of hydrogen-bond donors (Lipinski definition) is 1. The van der Waals surface area contributed by atoms with Gasteiger partial charge >= 0.3 is 0 Å². The molecule has 0 unspecified atom stereocenters. The summed E-state index contributed by atoms with van der Waals surface area (Å²) in [7, 11) is 0. The van der Waals surface area contributed by atoms with Crippen LogP contribution >= 0.6 is 0 Å². The summed E-state index contributed by atoms with van der Waals surface area (Å²) in [5, 5.41) is 0. The van der Waals surface area contributed by atoms with Crippen LogP contribution in [0.3, 0.4) is 0 Å². The van der Waals surface area contributed by atoms with Crippen LogP contribution in [0.25, 0.3) is 0 Å².